The van der Waals surface area contributed by atoms with Crippen LogP contribution in [0.2, 0.25) is 0 Å². The average Bonchev–Trinajstić information content (AvgIpc) is 3.04. The van der Waals surface area contributed by atoms with Gasteiger partial charge in [0, 0.05) is 31.2 Å². The molecule has 4 saturated carbocycles. The number of hydrogen-bond acceptors (Lipinski definition) is 9. The Morgan fingerprint density at radius 2 is 1.54 bits per heavy atom. The molecule has 0 aromatic rings. The van der Waals surface area contributed by atoms with Crippen LogP contribution in [0.3, 0.4) is 0 Å². The minimum Gasteiger partial charge on any atom is -0.481 e. The summed E-state index contributed by atoms with van der Waals surface area (Å²) in [5.41, 5.74) is -1.88. The van der Waals surface area contributed by atoms with E-state index in [0.717, 1.165) is 50.3 Å². The van der Waals surface area contributed by atoms with Gasteiger partial charge in [0.05, 0.1) is 5.41 Å². The van der Waals surface area contributed by atoms with Gasteiger partial charge in [0.25, 0.3) is 0 Å². The molecule has 1 saturated heterocycles. The summed E-state index contributed by atoms with van der Waals surface area (Å²) in [7, 11) is 0. The number of thioether (sulfide) groups is 1. The highest BCUT2D eigenvalue weighted by Crippen LogP contribution is 2.75. The minimum atomic E-state index is -1.76. The van der Waals surface area contributed by atoms with Crippen LogP contribution in [0.5, 0.6) is 0 Å². The maximum Gasteiger partial charge on any atom is 0.335 e. The standard InChI is InChI=1S/C40H61NO10S/c1-21(42)41(17-18-52-33-29(46)27(44)28(45)30(51-33)32(47)48)26-10-11-38(6)25(35(26,2)3)9-12-40(8)31(38)24(43)19-22-23-20-37(5,34(49)50)14-13-36(23,4)15-16-39(22,40)7/h19,23,25-31,33,44-46H,9-18,20H2,1-8H3,(H,47,48)(H,49,50)/t23-,25-,26-,27-,28-,29+,30-,31+,33-,36+,37?,38-,39+,40+/m0/s1. The smallest absolute Gasteiger partial charge is 0.335 e. The summed E-state index contributed by atoms with van der Waals surface area (Å²) in [4.78, 5) is 54.0. The van der Waals surface area contributed by atoms with Crippen molar-refractivity contribution in [2.24, 2.45) is 50.2 Å². The fourth-order valence-corrected chi connectivity index (χ4v) is 14.0. The van der Waals surface area contributed by atoms with Crippen LogP contribution < -0.4 is 0 Å². The van der Waals surface area contributed by atoms with E-state index in [9.17, 15) is 44.7 Å². The predicted molar refractivity (Wildman–Crippen MR) is 195 cm³/mol. The number of hydrogen-bond donors (Lipinski definition) is 5. The van der Waals surface area contributed by atoms with Gasteiger partial charge in [0.2, 0.25) is 5.91 Å². The van der Waals surface area contributed by atoms with Crippen molar-refractivity contribution in [3.63, 3.8) is 0 Å². The lowest BCUT2D eigenvalue weighted by Gasteiger charge is -2.71. The molecule has 6 rings (SSSR count). The molecule has 0 bridgehead atoms. The van der Waals surface area contributed by atoms with Crippen LogP contribution in [0.15, 0.2) is 11.6 Å². The SMILES string of the molecule is CC(=O)N(CCS[C@@H]1O[C@H](C(=O)O)[C@@H](O)[C@H](O)[C@H]1O)[C@H]1CC[C@]2(C)[C@H]3C(=O)C=C4[C@@H]5CC(C)(C(=O)O)CC[C@]5(C)CC[C@@]4(C)[C@]3(C)CC[C@H]2C1(C)C. The van der Waals surface area contributed by atoms with Crippen molar-refractivity contribution in [3.05, 3.63) is 11.6 Å². The lowest BCUT2D eigenvalue weighted by Crippen LogP contribution is -2.68. The lowest BCUT2D eigenvalue weighted by atomic mass is 9.33. The number of carboxylic acids is 2. The molecule has 12 heteroatoms. The zero-order valence-corrected chi connectivity index (χ0v) is 33.0. The highest BCUT2D eigenvalue weighted by molar-refractivity contribution is 7.99. The normalized spacial score (nSPS) is 48.2. The number of carbonyl (C=O) groups excluding carboxylic acids is 2. The Labute approximate surface area is 312 Å². The average molecular weight is 748 g/mol. The monoisotopic (exact) mass is 747 g/mol. The van der Waals surface area contributed by atoms with Gasteiger partial charge in [0.1, 0.15) is 23.7 Å². The van der Waals surface area contributed by atoms with Gasteiger partial charge in [-0.25, -0.2) is 4.79 Å². The number of aliphatic hydroxyl groups is 3. The van der Waals surface area contributed by atoms with Crippen molar-refractivity contribution in [3.8, 4) is 0 Å². The Kier molecular flexibility index (Phi) is 9.97. The van der Waals surface area contributed by atoms with E-state index in [2.05, 4.69) is 41.5 Å². The fraction of sp³-hybridized carbons (Fsp3) is 0.850. The number of rotatable bonds is 7. The summed E-state index contributed by atoms with van der Waals surface area (Å²) >= 11 is 1.11. The van der Waals surface area contributed by atoms with Gasteiger partial charge in [0.15, 0.2) is 11.9 Å². The lowest BCUT2D eigenvalue weighted by molar-refractivity contribution is -0.209. The van der Waals surface area contributed by atoms with E-state index >= 15 is 0 Å². The van der Waals surface area contributed by atoms with E-state index in [1.807, 2.05) is 17.9 Å². The molecule has 0 spiro atoms. The van der Waals surface area contributed by atoms with Crippen molar-refractivity contribution < 1.29 is 49.4 Å². The topological polar surface area (TPSA) is 182 Å². The molecule has 1 aliphatic heterocycles. The van der Waals surface area contributed by atoms with Gasteiger partial charge in [-0.2, -0.15) is 0 Å². The van der Waals surface area contributed by atoms with Crippen LogP contribution in [0, 0.1) is 50.2 Å². The van der Waals surface area contributed by atoms with Gasteiger partial charge < -0.3 is 35.2 Å². The van der Waals surface area contributed by atoms with E-state index in [1.54, 1.807) is 6.92 Å². The summed E-state index contributed by atoms with van der Waals surface area (Å²) in [5, 5.41) is 50.5. The molecule has 5 aliphatic carbocycles. The fourth-order valence-electron chi connectivity index (χ4n) is 12.9. The number of carboxylic acid groups (broad SMARTS) is 2. The molecule has 11 nitrogen and oxygen atoms in total. The van der Waals surface area contributed by atoms with Crippen molar-refractivity contribution in [1.29, 1.82) is 0 Å². The summed E-state index contributed by atoms with van der Waals surface area (Å²) in [5.74, 6) is -1.75. The van der Waals surface area contributed by atoms with E-state index in [1.165, 1.54) is 5.57 Å². The molecule has 5 N–H and O–H groups in total. The Morgan fingerprint density at radius 3 is 2.15 bits per heavy atom. The molecule has 0 radical (unpaired) electrons. The zero-order valence-electron chi connectivity index (χ0n) is 32.2. The van der Waals surface area contributed by atoms with Crippen molar-refractivity contribution in [2.45, 2.75) is 149 Å². The van der Waals surface area contributed by atoms with E-state index in [4.69, 9.17) is 4.74 Å². The highest BCUT2D eigenvalue weighted by Gasteiger charge is 2.70. The summed E-state index contributed by atoms with van der Waals surface area (Å²) in [6.07, 6.45) is 2.74. The molecule has 6 aliphatic rings. The number of allylic oxidation sites excluding steroid dienone is 2. The van der Waals surface area contributed by atoms with E-state index in [-0.39, 0.29) is 62.6 Å². The van der Waals surface area contributed by atoms with Crippen molar-refractivity contribution >= 4 is 35.4 Å². The number of amides is 1. The van der Waals surface area contributed by atoms with Crippen LogP contribution in [0.1, 0.15) is 113 Å². The summed E-state index contributed by atoms with van der Waals surface area (Å²) in [6, 6.07) is -0.115. The minimum absolute atomic E-state index is 0.0143. The number of aliphatic hydroxyl groups excluding tert-OH is 3. The van der Waals surface area contributed by atoms with Crippen LogP contribution >= 0.6 is 11.8 Å². The second-order valence-corrected chi connectivity index (χ2v) is 20.5. The van der Waals surface area contributed by atoms with Gasteiger partial charge in [-0.3, -0.25) is 14.4 Å². The summed E-state index contributed by atoms with van der Waals surface area (Å²) in [6.45, 7) is 17.5. The first kappa shape index (κ1) is 39.7. The second-order valence-electron chi connectivity index (χ2n) is 19.3. The van der Waals surface area contributed by atoms with Gasteiger partial charge in [-0.05, 0) is 110 Å². The van der Waals surface area contributed by atoms with E-state index < -0.39 is 47.2 Å². The quantitative estimate of drug-likeness (QED) is 0.239. The molecule has 1 heterocycles. The summed E-state index contributed by atoms with van der Waals surface area (Å²) < 4.78 is 5.46. The molecule has 0 aromatic heterocycles. The van der Waals surface area contributed by atoms with Crippen LogP contribution in [0.25, 0.3) is 0 Å². The molecule has 14 atom stereocenters. The number of ether oxygens (including phenoxy) is 1. The molecular weight excluding hydrogens is 687 g/mol. The maximum atomic E-state index is 14.8. The molecule has 0 aromatic carbocycles. The Morgan fingerprint density at radius 1 is 0.885 bits per heavy atom. The number of aliphatic carboxylic acids is 2. The van der Waals surface area contributed by atoms with Crippen LogP contribution in [0.4, 0.5) is 0 Å². The van der Waals surface area contributed by atoms with Gasteiger partial charge in [-0.15, -0.1) is 11.8 Å². The van der Waals surface area contributed by atoms with Crippen LogP contribution in [-0.4, -0.2) is 102 Å². The molecule has 292 valence electrons. The molecule has 5 fully saturated rings. The Hall–Kier alpha value is -1.99. The van der Waals surface area contributed by atoms with Crippen LogP contribution in [-0.2, 0) is 23.9 Å². The third-order valence-electron chi connectivity index (χ3n) is 16.3. The first-order valence-corrected chi connectivity index (χ1v) is 20.3. The van der Waals surface area contributed by atoms with Crippen molar-refractivity contribution in [2.75, 3.05) is 12.3 Å². The first-order chi connectivity index (χ1) is 24.0. The number of ketones is 1. The molecule has 52 heavy (non-hydrogen) atoms. The third kappa shape index (κ3) is 5.74. The van der Waals surface area contributed by atoms with Gasteiger partial charge in [-0.1, -0.05) is 47.1 Å². The molecular formula is C40H61NO10S. The number of carbonyl (C=O) groups is 4. The highest BCUT2D eigenvalue weighted by atomic mass is 32.2. The third-order valence-corrected chi connectivity index (χ3v) is 17.4. The van der Waals surface area contributed by atoms with Crippen molar-refractivity contribution in [1.82, 2.24) is 4.90 Å². The molecule has 1 amide bonds. The van der Waals surface area contributed by atoms with Gasteiger partial charge >= 0.3 is 11.9 Å². The Balaban J connectivity index is 1.24. The van der Waals surface area contributed by atoms with E-state index in [0.29, 0.717) is 31.6 Å². The first-order valence-electron chi connectivity index (χ1n) is 19.3. The largest absolute Gasteiger partial charge is 0.481 e. The Bertz CT molecular complexity index is 1530. The second kappa shape index (κ2) is 13.1. The number of nitrogens with zero attached hydrogens (tertiary/aromatic N) is 1. The number of fused-ring (bicyclic) bond motifs is 7. The maximum absolute atomic E-state index is 14.8. The predicted octanol–water partition coefficient (Wildman–Crippen LogP) is 4.89. The zero-order chi connectivity index (χ0) is 38.6. The molecule has 1 unspecified atom stereocenters.